The number of nitrogens with one attached hydrogen (secondary N) is 1. The molecule has 0 saturated carbocycles. The summed E-state index contributed by atoms with van der Waals surface area (Å²) in [5, 5.41) is 3.73. The van der Waals surface area contributed by atoms with E-state index in [-0.39, 0.29) is 5.54 Å². The van der Waals surface area contributed by atoms with Crippen molar-refractivity contribution in [2.24, 2.45) is 5.41 Å². The van der Waals surface area contributed by atoms with Gasteiger partial charge in [-0.2, -0.15) is 0 Å². The molecule has 0 aromatic carbocycles. The van der Waals surface area contributed by atoms with Crippen LogP contribution in [-0.2, 0) is 0 Å². The van der Waals surface area contributed by atoms with E-state index >= 15 is 0 Å². The van der Waals surface area contributed by atoms with Crippen LogP contribution in [0.4, 0.5) is 0 Å². The fourth-order valence-corrected chi connectivity index (χ4v) is 2.67. The Kier molecular flexibility index (Phi) is 9.75. The maximum atomic E-state index is 3.73. The first-order valence-electron chi connectivity index (χ1n) is 8.80. The molecule has 0 amide bonds. The number of nitrogens with zero attached hydrogens (tertiary/aromatic N) is 2. The minimum atomic E-state index is 0.206. The lowest BCUT2D eigenvalue weighted by molar-refractivity contribution is 0.126. The van der Waals surface area contributed by atoms with Gasteiger partial charge in [-0.05, 0) is 79.2 Å². The second-order valence-electron chi connectivity index (χ2n) is 7.84. The highest BCUT2D eigenvalue weighted by Gasteiger charge is 2.29. The van der Waals surface area contributed by atoms with Crippen LogP contribution in [0.3, 0.4) is 0 Å². The van der Waals surface area contributed by atoms with Crippen molar-refractivity contribution in [1.82, 2.24) is 15.1 Å². The Morgan fingerprint density at radius 2 is 1.48 bits per heavy atom. The van der Waals surface area contributed by atoms with E-state index < -0.39 is 0 Å². The van der Waals surface area contributed by atoms with E-state index in [0.717, 1.165) is 13.1 Å². The van der Waals surface area contributed by atoms with Crippen molar-refractivity contribution < 1.29 is 0 Å². The van der Waals surface area contributed by atoms with E-state index in [1.54, 1.807) is 0 Å². The van der Waals surface area contributed by atoms with Crippen LogP contribution in [0, 0.1) is 5.41 Å². The summed E-state index contributed by atoms with van der Waals surface area (Å²) in [6.07, 6.45) is 3.75. The molecule has 0 rings (SSSR count). The monoisotopic (exact) mass is 299 g/mol. The highest BCUT2D eigenvalue weighted by Crippen LogP contribution is 2.27. The van der Waals surface area contributed by atoms with Gasteiger partial charge in [0.25, 0.3) is 0 Å². The van der Waals surface area contributed by atoms with Gasteiger partial charge in [0.1, 0.15) is 0 Å². The van der Waals surface area contributed by atoms with E-state index in [1.807, 2.05) is 0 Å². The van der Waals surface area contributed by atoms with Crippen molar-refractivity contribution in [3.63, 3.8) is 0 Å². The third-order valence-corrected chi connectivity index (χ3v) is 4.58. The smallest absolute Gasteiger partial charge is 0.00967 e. The Morgan fingerprint density at radius 1 is 0.905 bits per heavy atom. The number of hydrogen-bond donors (Lipinski definition) is 1. The standard InChI is InChI=1S/C18H41N3/c1-9-18(10-2,15-19-17(4,5)6)16-21(11-3)14-12-13-20(7)8/h19H,9-16H2,1-8H3. The maximum absolute atomic E-state index is 3.73. The van der Waals surface area contributed by atoms with E-state index in [9.17, 15) is 0 Å². The summed E-state index contributed by atoms with van der Waals surface area (Å²) in [5.41, 5.74) is 0.610. The molecule has 0 aromatic rings. The first-order valence-corrected chi connectivity index (χ1v) is 8.80. The molecule has 21 heavy (non-hydrogen) atoms. The van der Waals surface area contributed by atoms with Gasteiger partial charge in [0, 0.05) is 18.6 Å². The Balaban J connectivity index is 4.55. The van der Waals surface area contributed by atoms with Crippen LogP contribution in [0.15, 0.2) is 0 Å². The van der Waals surface area contributed by atoms with E-state index in [1.165, 1.54) is 38.9 Å². The minimum Gasteiger partial charge on any atom is -0.311 e. The molecule has 3 nitrogen and oxygen atoms in total. The Bertz CT molecular complexity index is 252. The van der Waals surface area contributed by atoms with Gasteiger partial charge in [0.05, 0.1) is 0 Å². The molecule has 3 heteroatoms. The SMILES string of the molecule is CCN(CCCN(C)C)CC(CC)(CC)CNC(C)(C)C. The normalized spacial score (nSPS) is 13.4. The van der Waals surface area contributed by atoms with Gasteiger partial charge >= 0.3 is 0 Å². The van der Waals surface area contributed by atoms with Crippen molar-refractivity contribution in [2.45, 2.75) is 66.3 Å². The van der Waals surface area contributed by atoms with Crippen LogP contribution in [-0.4, -0.2) is 62.2 Å². The fourth-order valence-electron chi connectivity index (χ4n) is 2.67. The topological polar surface area (TPSA) is 18.5 Å². The molecule has 128 valence electrons. The largest absolute Gasteiger partial charge is 0.311 e. The Hall–Kier alpha value is -0.120. The molecule has 0 bridgehead atoms. The average molecular weight is 300 g/mol. The van der Waals surface area contributed by atoms with Crippen molar-refractivity contribution in [2.75, 3.05) is 46.8 Å². The zero-order chi connectivity index (χ0) is 16.5. The summed E-state index contributed by atoms with van der Waals surface area (Å²) < 4.78 is 0. The molecule has 1 N–H and O–H groups in total. The van der Waals surface area contributed by atoms with Crippen LogP contribution in [0.25, 0.3) is 0 Å². The van der Waals surface area contributed by atoms with Crippen LogP contribution in [0.1, 0.15) is 60.8 Å². The lowest BCUT2D eigenvalue weighted by Crippen LogP contribution is -2.48. The van der Waals surface area contributed by atoms with Crippen molar-refractivity contribution in [3.8, 4) is 0 Å². The van der Waals surface area contributed by atoms with Crippen LogP contribution in [0.5, 0.6) is 0 Å². The lowest BCUT2D eigenvalue weighted by atomic mass is 9.81. The van der Waals surface area contributed by atoms with Gasteiger partial charge in [0.2, 0.25) is 0 Å². The molecule has 0 heterocycles. The molecule has 0 aliphatic rings. The summed E-state index contributed by atoms with van der Waals surface area (Å²) in [7, 11) is 4.32. The quantitative estimate of drug-likeness (QED) is 0.630. The highest BCUT2D eigenvalue weighted by molar-refractivity contribution is 4.85. The van der Waals surface area contributed by atoms with Crippen LogP contribution >= 0.6 is 0 Å². The van der Waals surface area contributed by atoms with Gasteiger partial charge in [-0.25, -0.2) is 0 Å². The second-order valence-corrected chi connectivity index (χ2v) is 7.84. The summed E-state index contributed by atoms with van der Waals surface area (Å²) in [5.74, 6) is 0. The highest BCUT2D eigenvalue weighted by atomic mass is 15.1. The van der Waals surface area contributed by atoms with Crippen LogP contribution in [0.2, 0.25) is 0 Å². The first kappa shape index (κ1) is 20.9. The molecule has 0 aromatic heterocycles. The van der Waals surface area contributed by atoms with Gasteiger partial charge in [0.15, 0.2) is 0 Å². The number of hydrogen-bond acceptors (Lipinski definition) is 3. The van der Waals surface area contributed by atoms with Crippen molar-refractivity contribution in [3.05, 3.63) is 0 Å². The third-order valence-electron chi connectivity index (χ3n) is 4.58. The molecular formula is C18H41N3. The summed E-state index contributed by atoms with van der Waals surface area (Å²) >= 11 is 0. The summed E-state index contributed by atoms with van der Waals surface area (Å²) in [6, 6.07) is 0. The van der Waals surface area contributed by atoms with Gasteiger partial charge in [-0.3, -0.25) is 0 Å². The maximum Gasteiger partial charge on any atom is 0.00967 e. The number of rotatable bonds is 11. The molecular weight excluding hydrogens is 258 g/mol. The Labute approximate surface area is 134 Å². The summed E-state index contributed by atoms with van der Waals surface area (Å²) in [6.45, 7) is 19.7. The average Bonchev–Trinajstić information content (AvgIpc) is 2.40. The van der Waals surface area contributed by atoms with Crippen molar-refractivity contribution >= 4 is 0 Å². The molecule has 0 aliphatic heterocycles. The van der Waals surface area contributed by atoms with Crippen LogP contribution < -0.4 is 5.32 Å². The third kappa shape index (κ3) is 9.49. The zero-order valence-corrected chi connectivity index (χ0v) is 16.1. The molecule has 0 spiro atoms. The second kappa shape index (κ2) is 9.81. The van der Waals surface area contributed by atoms with Gasteiger partial charge in [-0.15, -0.1) is 0 Å². The predicted octanol–water partition coefficient (Wildman–Crippen LogP) is 3.45. The Morgan fingerprint density at radius 3 is 1.86 bits per heavy atom. The van der Waals surface area contributed by atoms with Gasteiger partial charge in [-0.1, -0.05) is 20.8 Å². The minimum absolute atomic E-state index is 0.206. The lowest BCUT2D eigenvalue weighted by Gasteiger charge is -2.39. The molecule has 0 fully saturated rings. The van der Waals surface area contributed by atoms with Gasteiger partial charge < -0.3 is 15.1 Å². The first-order chi connectivity index (χ1) is 9.68. The molecule has 0 unspecified atom stereocenters. The van der Waals surface area contributed by atoms with E-state index in [4.69, 9.17) is 0 Å². The molecule has 0 saturated heterocycles. The fraction of sp³-hybridized carbons (Fsp3) is 1.00. The summed E-state index contributed by atoms with van der Waals surface area (Å²) in [4.78, 5) is 4.92. The van der Waals surface area contributed by atoms with E-state index in [2.05, 4.69) is 70.8 Å². The van der Waals surface area contributed by atoms with E-state index in [0.29, 0.717) is 5.41 Å². The molecule has 0 atom stereocenters. The zero-order valence-electron chi connectivity index (χ0n) is 16.1. The predicted molar refractivity (Wildman–Crippen MR) is 96.1 cm³/mol. The molecule has 0 aliphatic carbocycles. The molecule has 0 radical (unpaired) electrons. The van der Waals surface area contributed by atoms with Crippen molar-refractivity contribution in [1.29, 1.82) is 0 Å².